The van der Waals surface area contributed by atoms with Crippen molar-refractivity contribution in [3.8, 4) is 11.3 Å². The average Bonchev–Trinajstić information content (AvgIpc) is 3.15. The molecule has 0 aliphatic heterocycles. The Hall–Kier alpha value is -3.26. The standard InChI is InChI=1S/C22H21ClF2N4O2/c1-2-3-18(26-21(30)10-13-8-16(24)11-17(25)9-13)22(31)27-20-12-19(28-29-20)14-4-6-15(23)7-5-14/h4-9,11-12,18H,2-3,10H2,1H3,(H,26,30)(H2,27,28,29,31). The average molecular weight is 447 g/mol. The van der Waals surface area contributed by atoms with Gasteiger partial charge in [-0.05, 0) is 41.8 Å². The molecule has 3 N–H and O–H groups in total. The second kappa shape index (κ2) is 10.2. The van der Waals surface area contributed by atoms with Crippen molar-refractivity contribution < 1.29 is 18.4 Å². The van der Waals surface area contributed by atoms with Gasteiger partial charge in [0, 0.05) is 17.2 Å². The van der Waals surface area contributed by atoms with Crippen molar-refractivity contribution in [3.63, 3.8) is 0 Å². The third kappa shape index (κ3) is 6.36. The van der Waals surface area contributed by atoms with Gasteiger partial charge in [0.15, 0.2) is 5.82 Å². The van der Waals surface area contributed by atoms with Gasteiger partial charge >= 0.3 is 0 Å². The zero-order chi connectivity index (χ0) is 22.4. The van der Waals surface area contributed by atoms with Gasteiger partial charge in [-0.3, -0.25) is 14.7 Å². The molecule has 9 heteroatoms. The second-order valence-corrected chi connectivity index (χ2v) is 7.46. The molecular weight excluding hydrogens is 426 g/mol. The minimum atomic E-state index is -0.813. The Morgan fingerprint density at radius 2 is 1.77 bits per heavy atom. The van der Waals surface area contributed by atoms with E-state index < -0.39 is 29.5 Å². The van der Waals surface area contributed by atoms with Crippen LogP contribution in [0.25, 0.3) is 11.3 Å². The van der Waals surface area contributed by atoms with E-state index in [9.17, 15) is 18.4 Å². The van der Waals surface area contributed by atoms with Crippen molar-refractivity contribution in [3.05, 3.63) is 70.8 Å². The summed E-state index contributed by atoms with van der Waals surface area (Å²) in [5, 5.41) is 12.8. The summed E-state index contributed by atoms with van der Waals surface area (Å²) in [4.78, 5) is 25.0. The highest BCUT2D eigenvalue weighted by atomic mass is 35.5. The van der Waals surface area contributed by atoms with Gasteiger partial charge in [0.2, 0.25) is 11.8 Å². The predicted molar refractivity (Wildman–Crippen MR) is 115 cm³/mol. The van der Waals surface area contributed by atoms with E-state index in [0.29, 0.717) is 29.4 Å². The topological polar surface area (TPSA) is 86.9 Å². The van der Waals surface area contributed by atoms with E-state index in [4.69, 9.17) is 11.6 Å². The van der Waals surface area contributed by atoms with E-state index in [0.717, 1.165) is 23.8 Å². The molecule has 0 aliphatic carbocycles. The number of carbonyl (C=O) groups is 2. The first-order chi connectivity index (χ1) is 14.8. The molecule has 2 aromatic carbocycles. The summed E-state index contributed by atoms with van der Waals surface area (Å²) >= 11 is 5.89. The van der Waals surface area contributed by atoms with Crippen molar-refractivity contribution >= 4 is 29.2 Å². The lowest BCUT2D eigenvalue weighted by Crippen LogP contribution is -2.44. The number of nitrogens with zero attached hydrogens (tertiary/aromatic N) is 1. The van der Waals surface area contributed by atoms with Gasteiger partial charge in [-0.25, -0.2) is 8.78 Å². The van der Waals surface area contributed by atoms with Crippen LogP contribution in [-0.4, -0.2) is 28.1 Å². The first-order valence-corrected chi connectivity index (χ1v) is 10.1. The molecule has 2 amide bonds. The number of aromatic amines is 1. The van der Waals surface area contributed by atoms with Gasteiger partial charge < -0.3 is 10.6 Å². The minimum Gasteiger partial charge on any atom is -0.344 e. The number of carbonyl (C=O) groups excluding carboxylic acids is 2. The van der Waals surface area contributed by atoms with Gasteiger partial charge in [0.25, 0.3) is 0 Å². The van der Waals surface area contributed by atoms with Crippen LogP contribution in [0.5, 0.6) is 0 Å². The number of halogens is 3. The Balaban J connectivity index is 1.63. The molecule has 31 heavy (non-hydrogen) atoms. The fourth-order valence-electron chi connectivity index (χ4n) is 3.08. The van der Waals surface area contributed by atoms with E-state index in [1.165, 1.54) is 0 Å². The molecule has 162 valence electrons. The summed E-state index contributed by atoms with van der Waals surface area (Å²) in [6.07, 6.45) is 0.790. The van der Waals surface area contributed by atoms with Gasteiger partial charge in [-0.1, -0.05) is 37.1 Å². The number of aromatic nitrogens is 2. The van der Waals surface area contributed by atoms with Gasteiger partial charge in [-0.15, -0.1) is 0 Å². The Labute approximate surface area is 183 Å². The zero-order valence-electron chi connectivity index (χ0n) is 16.7. The molecule has 1 heterocycles. The van der Waals surface area contributed by atoms with Crippen LogP contribution >= 0.6 is 11.6 Å². The minimum absolute atomic E-state index is 0.186. The number of H-pyrrole nitrogens is 1. The molecule has 0 aliphatic rings. The van der Waals surface area contributed by atoms with Crippen LogP contribution in [0.1, 0.15) is 25.3 Å². The maximum absolute atomic E-state index is 13.3. The lowest BCUT2D eigenvalue weighted by atomic mass is 10.1. The molecule has 6 nitrogen and oxygen atoms in total. The van der Waals surface area contributed by atoms with Crippen LogP contribution in [0.3, 0.4) is 0 Å². The lowest BCUT2D eigenvalue weighted by Gasteiger charge is -2.17. The second-order valence-electron chi connectivity index (χ2n) is 7.03. The Morgan fingerprint density at radius 3 is 2.42 bits per heavy atom. The maximum atomic E-state index is 13.3. The maximum Gasteiger partial charge on any atom is 0.248 e. The molecule has 1 atom stereocenters. The van der Waals surface area contributed by atoms with Crippen LogP contribution in [0.15, 0.2) is 48.5 Å². The Morgan fingerprint density at radius 1 is 1.10 bits per heavy atom. The van der Waals surface area contributed by atoms with Crippen molar-refractivity contribution in [2.24, 2.45) is 0 Å². The predicted octanol–water partition coefficient (Wildman–Crippen LogP) is 4.47. The van der Waals surface area contributed by atoms with Crippen LogP contribution in [-0.2, 0) is 16.0 Å². The molecule has 0 radical (unpaired) electrons. The third-order valence-corrected chi connectivity index (χ3v) is 4.75. The number of benzene rings is 2. The van der Waals surface area contributed by atoms with Crippen molar-refractivity contribution in [1.82, 2.24) is 15.5 Å². The Kier molecular flexibility index (Phi) is 7.36. The molecule has 0 saturated carbocycles. The van der Waals surface area contributed by atoms with Crippen LogP contribution in [0.4, 0.5) is 14.6 Å². The molecule has 3 rings (SSSR count). The molecule has 0 saturated heterocycles. The first kappa shape index (κ1) is 22.4. The van der Waals surface area contributed by atoms with Gasteiger partial charge in [-0.2, -0.15) is 5.10 Å². The van der Waals surface area contributed by atoms with Crippen LogP contribution < -0.4 is 10.6 Å². The highest BCUT2D eigenvalue weighted by Crippen LogP contribution is 2.22. The number of nitrogens with one attached hydrogen (secondary N) is 3. The van der Waals surface area contributed by atoms with Crippen LogP contribution in [0.2, 0.25) is 5.02 Å². The summed E-state index contributed by atoms with van der Waals surface area (Å²) in [6, 6.07) is 10.9. The van der Waals surface area contributed by atoms with E-state index in [1.54, 1.807) is 18.2 Å². The van der Waals surface area contributed by atoms with Gasteiger partial charge in [0.05, 0.1) is 12.1 Å². The van der Waals surface area contributed by atoms with Crippen molar-refractivity contribution in [1.29, 1.82) is 0 Å². The fraction of sp³-hybridized carbons (Fsp3) is 0.227. The van der Waals surface area contributed by atoms with E-state index in [2.05, 4.69) is 20.8 Å². The summed E-state index contributed by atoms with van der Waals surface area (Å²) < 4.78 is 26.6. The smallest absolute Gasteiger partial charge is 0.248 e. The lowest BCUT2D eigenvalue weighted by molar-refractivity contribution is -0.126. The van der Waals surface area contributed by atoms with Crippen LogP contribution in [0, 0.1) is 11.6 Å². The van der Waals surface area contributed by atoms with Crippen molar-refractivity contribution in [2.75, 3.05) is 5.32 Å². The quantitative estimate of drug-likeness (QED) is 0.477. The SMILES string of the molecule is CCCC(NC(=O)Cc1cc(F)cc(F)c1)C(=O)Nc1cc(-c2ccc(Cl)cc2)[nH]n1. The molecule has 0 spiro atoms. The normalized spacial score (nSPS) is 11.7. The number of rotatable bonds is 8. The Bertz CT molecular complexity index is 1050. The summed E-state index contributed by atoms with van der Waals surface area (Å²) in [7, 11) is 0. The summed E-state index contributed by atoms with van der Waals surface area (Å²) in [6.45, 7) is 1.88. The molecular formula is C22H21ClF2N4O2. The molecule has 0 fully saturated rings. The third-order valence-electron chi connectivity index (χ3n) is 4.50. The molecule has 0 bridgehead atoms. The number of hydrogen-bond donors (Lipinski definition) is 3. The fourth-order valence-corrected chi connectivity index (χ4v) is 3.20. The number of hydrogen-bond acceptors (Lipinski definition) is 3. The molecule has 1 aromatic heterocycles. The number of amides is 2. The molecule has 1 unspecified atom stereocenters. The summed E-state index contributed by atoms with van der Waals surface area (Å²) in [5.74, 6) is -2.17. The van der Waals surface area contributed by atoms with Gasteiger partial charge in [0.1, 0.15) is 17.7 Å². The van der Waals surface area contributed by atoms with Crippen molar-refractivity contribution in [2.45, 2.75) is 32.2 Å². The highest BCUT2D eigenvalue weighted by Gasteiger charge is 2.21. The monoisotopic (exact) mass is 446 g/mol. The molecule has 3 aromatic rings. The largest absolute Gasteiger partial charge is 0.344 e. The first-order valence-electron chi connectivity index (χ1n) is 9.70. The van der Waals surface area contributed by atoms with E-state index in [1.807, 2.05) is 19.1 Å². The van der Waals surface area contributed by atoms with E-state index in [-0.39, 0.29) is 12.0 Å². The number of anilines is 1. The summed E-state index contributed by atoms with van der Waals surface area (Å²) in [5.41, 5.74) is 1.72. The zero-order valence-corrected chi connectivity index (χ0v) is 17.5. The highest BCUT2D eigenvalue weighted by molar-refractivity contribution is 6.30. The van der Waals surface area contributed by atoms with E-state index >= 15 is 0 Å².